The second-order valence-corrected chi connectivity index (χ2v) is 4.60. The normalized spacial score (nSPS) is 12.1. The van der Waals surface area contributed by atoms with Gasteiger partial charge in [0.15, 0.2) is 0 Å². The van der Waals surface area contributed by atoms with Gasteiger partial charge in [0.2, 0.25) is 0 Å². The third-order valence-corrected chi connectivity index (χ3v) is 3.69. The van der Waals surface area contributed by atoms with Crippen LogP contribution in [0.1, 0.15) is 45.0 Å². The first-order chi connectivity index (χ1) is 8.10. The molecule has 4 heteroatoms. The predicted octanol–water partition coefficient (Wildman–Crippen LogP) is 1.62. The molecule has 1 aromatic rings. The number of aliphatic hydroxyl groups excluding tert-OH is 1. The van der Waals surface area contributed by atoms with E-state index in [1.54, 1.807) is 0 Å². The SMILES string of the molecule is CCc1cc(CNC(CC)(CC)CO)n(C)n1. The smallest absolute Gasteiger partial charge is 0.0625 e. The highest BCUT2D eigenvalue weighted by Gasteiger charge is 2.24. The summed E-state index contributed by atoms with van der Waals surface area (Å²) in [6.07, 6.45) is 2.82. The fourth-order valence-corrected chi connectivity index (χ4v) is 1.97. The van der Waals surface area contributed by atoms with Crippen LogP contribution in [0.25, 0.3) is 0 Å². The second-order valence-electron chi connectivity index (χ2n) is 4.60. The van der Waals surface area contributed by atoms with E-state index in [-0.39, 0.29) is 12.1 Å². The van der Waals surface area contributed by atoms with E-state index in [1.807, 2.05) is 11.7 Å². The summed E-state index contributed by atoms with van der Waals surface area (Å²) in [5.41, 5.74) is 2.13. The molecule has 1 aromatic heterocycles. The van der Waals surface area contributed by atoms with Crippen molar-refractivity contribution in [2.45, 2.75) is 52.1 Å². The van der Waals surface area contributed by atoms with Crippen molar-refractivity contribution >= 4 is 0 Å². The summed E-state index contributed by atoms with van der Waals surface area (Å²) >= 11 is 0. The van der Waals surface area contributed by atoms with Crippen LogP contribution in [0.15, 0.2) is 6.07 Å². The average Bonchev–Trinajstić information content (AvgIpc) is 2.73. The molecule has 17 heavy (non-hydrogen) atoms. The summed E-state index contributed by atoms with van der Waals surface area (Å²) in [4.78, 5) is 0. The molecule has 0 atom stereocenters. The molecule has 0 bridgehead atoms. The van der Waals surface area contributed by atoms with Gasteiger partial charge in [-0.25, -0.2) is 0 Å². The van der Waals surface area contributed by atoms with E-state index in [4.69, 9.17) is 0 Å². The Bertz CT molecular complexity index is 334. The van der Waals surface area contributed by atoms with Crippen LogP contribution in [-0.2, 0) is 20.0 Å². The number of hydrogen-bond donors (Lipinski definition) is 2. The summed E-state index contributed by atoms with van der Waals surface area (Å²) in [6, 6.07) is 2.13. The zero-order valence-corrected chi connectivity index (χ0v) is 11.5. The Kier molecular flexibility index (Phi) is 5.15. The van der Waals surface area contributed by atoms with Gasteiger partial charge >= 0.3 is 0 Å². The number of nitrogens with one attached hydrogen (secondary N) is 1. The van der Waals surface area contributed by atoms with E-state index in [1.165, 1.54) is 5.69 Å². The number of rotatable bonds is 7. The fraction of sp³-hybridized carbons (Fsp3) is 0.769. The van der Waals surface area contributed by atoms with Gasteiger partial charge in [-0.15, -0.1) is 0 Å². The summed E-state index contributed by atoms with van der Waals surface area (Å²) in [7, 11) is 1.97. The molecule has 1 rings (SSSR count). The summed E-state index contributed by atoms with van der Waals surface area (Å²) in [6.45, 7) is 7.25. The molecule has 98 valence electrons. The quantitative estimate of drug-likeness (QED) is 0.760. The molecule has 1 heterocycles. The van der Waals surface area contributed by atoms with Gasteiger partial charge in [-0.05, 0) is 25.3 Å². The van der Waals surface area contributed by atoms with Crippen molar-refractivity contribution in [1.82, 2.24) is 15.1 Å². The van der Waals surface area contributed by atoms with Gasteiger partial charge in [0.05, 0.1) is 18.0 Å². The van der Waals surface area contributed by atoms with Gasteiger partial charge in [0, 0.05) is 19.1 Å². The third-order valence-electron chi connectivity index (χ3n) is 3.69. The molecule has 0 aliphatic rings. The van der Waals surface area contributed by atoms with Crippen LogP contribution in [0, 0.1) is 0 Å². The van der Waals surface area contributed by atoms with Crippen molar-refractivity contribution in [2.75, 3.05) is 6.61 Å². The number of aryl methyl sites for hydroxylation is 2. The first-order valence-electron chi connectivity index (χ1n) is 6.48. The standard InChI is InChI=1S/C13H25N3O/c1-5-11-8-12(16(4)15-11)9-14-13(6-2,7-3)10-17/h8,14,17H,5-7,9-10H2,1-4H3. The predicted molar refractivity (Wildman–Crippen MR) is 69.8 cm³/mol. The molecule has 4 nitrogen and oxygen atoms in total. The topological polar surface area (TPSA) is 50.1 Å². The van der Waals surface area contributed by atoms with Crippen molar-refractivity contribution in [3.63, 3.8) is 0 Å². The molecule has 0 saturated carbocycles. The second kappa shape index (κ2) is 6.17. The van der Waals surface area contributed by atoms with E-state index in [2.05, 4.69) is 37.3 Å². The third kappa shape index (κ3) is 3.30. The van der Waals surface area contributed by atoms with Crippen LogP contribution in [0.2, 0.25) is 0 Å². The Labute approximate surface area is 104 Å². The lowest BCUT2D eigenvalue weighted by molar-refractivity contribution is 0.148. The molecule has 0 fully saturated rings. The van der Waals surface area contributed by atoms with Gasteiger partial charge in [0.1, 0.15) is 0 Å². The maximum absolute atomic E-state index is 9.49. The Balaban J connectivity index is 2.68. The van der Waals surface area contributed by atoms with Gasteiger partial charge in [-0.2, -0.15) is 5.10 Å². The lowest BCUT2D eigenvalue weighted by Gasteiger charge is -2.30. The lowest BCUT2D eigenvalue weighted by atomic mass is 9.94. The van der Waals surface area contributed by atoms with Crippen LogP contribution >= 0.6 is 0 Å². The Morgan fingerprint density at radius 2 is 2.00 bits per heavy atom. The van der Waals surface area contributed by atoms with Gasteiger partial charge < -0.3 is 10.4 Å². The van der Waals surface area contributed by atoms with Crippen LogP contribution in [0.3, 0.4) is 0 Å². The average molecular weight is 239 g/mol. The molecule has 0 aromatic carbocycles. The lowest BCUT2D eigenvalue weighted by Crippen LogP contribution is -2.47. The minimum Gasteiger partial charge on any atom is -0.394 e. The fourth-order valence-electron chi connectivity index (χ4n) is 1.97. The van der Waals surface area contributed by atoms with Crippen LogP contribution < -0.4 is 5.32 Å². The Morgan fingerprint density at radius 3 is 2.41 bits per heavy atom. The molecule has 0 spiro atoms. The van der Waals surface area contributed by atoms with E-state index >= 15 is 0 Å². The van der Waals surface area contributed by atoms with Crippen molar-refractivity contribution in [3.8, 4) is 0 Å². The molecule has 2 N–H and O–H groups in total. The van der Waals surface area contributed by atoms with Gasteiger partial charge in [0.25, 0.3) is 0 Å². The van der Waals surface area contributed by atoms with Crippen molar-refractivity contribution in [2.24, 2.45) is 7.05 Å². The van der Waals surface area contributed by atoms with E-state index in [0.717, 1.165) is 31.5 Å². The first kappa shape index (κ1) is 14.2. The van der Waals surface area contributed by atoms with E-state index in [9.17, 15) is 5.11 Å². The molecular weight excluding hydrogens is 214 g/mol. The summed E-state index contributed by atoms with van der Waals surface area (Å²) < 4.78 is 1.92. The number of hydrogen-bond acceptors (Lipinski definition) is 3. The molecule has 0 aliphatic heterocycles. The highest BCUT2D eigenvalue weighted by molar-refractivity contribution is 5.10. The monoisotopic (exact) mass is 239 g/mol. The van der Waals surface area contributed by atoms with Crippen molar-refractivity contribution in [1.29, 1.82) is 0 Å². The first-order valence-corrected chi connectivity index (χ1v) is 6.48. The van der Waals surface area contributed by atoms with E-state index < -0.39 is 0 Å². The number of nitrogens with zero attached hydrogens (tertiary/aromatic N) is 2. The summed E-state index contributed by atoms with van der Waals surface area (Å²) in [5.74, 6) is 0. The zero-order valence-electron chi connectivity index (χ0n) is 11.5. The van der Waals surface area contributed by atoms with Gasteiger partial charge in [-0.1, -0.05) is 20.8 Å². The maximum Gasteiger partial charge on any atom is 0.0625 e. The number of aliphatic hydroxyl groups is 1. The molecule has 0 saturated heterocycles. The van der Waals surface area contributed by atoms with E-state index in [0.29, 0.717) is 0 Å². The van der Waals surface area contributed by atoms with Crippen LogP contribution in [0.5, 0.6) is 0 Å². The highest BCUT2D eigenvalue weighted by atomic mass is 16.3. The molecule has 0 radical (unpaired) electrons. The molecule has 0 aliphatic carbocycles. The minimum absolute atomic E-state index is 0.156. The summed E-state index contributed by atoms with van der Waals surface area (Å²) in [5, 5.41) is 17.4. The number of aromatic nitrogens is 2. The van der Waals surface area contributed by atoms with Crippen LogP contribution in [0.4, 0.5) is 0 Å². The largest absolute Gasteiger partial charge is 0.394 e. The Hall–Kier alpha value is -0.870. The van der Waals surface area contributed by atoms with Crippen molar-refractivity contribution in [3.05, 3.63) is 17.5 Å². The van der Waals surface area contributed by atoms with Crippen LogP contribution in [-0.4, -0.2) is 27.0 Å². The molecule has 0 amide bonds. The molecule has 0 unspecified atom stereocenters. The minimum atomic E-state index is -0.156. The maximum atomic E-state index is 9.49. The highest BCUT2D eigenvalue weighted by Crippen LogP contribution is 2.15. The van der Waals surface area contributed by atoms with Gasteiger partial charge in [-0.3, -0.25) is 4.68 Å². The Morgan fingerprint density at radius 1 is 1.35 bits per heavy atom. The van der Waals surface area contributed by atoms with Crippen molar-refractivity contribution < 1.29 is 5.11 Å². The zero-order chi connectivity index (χ0) is 12.9. The molecular formula is C13H25N3O.